The molecule has 1 aromatic carbocycles. The molecule has 1 aromatic heterocycles. The van der Waals surface area contributed by atoms with Crippen molar-refractivity contribution < 1.29 is 46.9 Å². The number of phenols is 1. The van der Waals surface area contributed by atoms with Crippen LogP contribution in [0, 0.1) is 5.82 Å². The predicted octanol–water partition coefficient (Wildman–Crippen LogP) is 4.28. The van der Waals surface area contributed by atoms with Crippen LogP contribution in [0.4, 0.5) is 17.6 Å². The second-order valence-electron chi connectivity index (χ2n) is 8.44. The molecule has 0 bridgehead atoms. The van der Waals surface area contributed by atoms with E-state index in [1.807, 2.05) is 38.2 Å². The molecule has 1 atom stereocenters. The molecule has 0 aliphatic heterocycles. The summed E-state index contributed by atoms with van der Waals surface area (Å²) < 4.78 is 57.5. The van der Waals surface area contributed by atoms with Gasteiger partial charge >= 0.3 is 6.18 Å². The first-order chi connectivity index (χ1) is 20.0. The van der Waals surface area contributed by atoms with Gasteiger partial charge in [0.05, 0.1) is 13.6 Å². The van der Waals surface area contributed by atoms with Crippen molar-refractivity contribution in [1.29, 1.82) is 0 Å². The van der Waals surface area contributed by atoms with Gasteiger partial charge in [-0.1, -0.05) is 32.9 Å². The molecule has 1 aliphatic rings. The topological polar surface area (TPSA) is 102 Å². The molecule has 2 aromatic rings. The van der Waals surface area contributed by atoms with E-state index in [1.54, 1.807) is 16.8 Å². The van der Waals surface area contributed by atoms with Gasteiger partial charge in [-0.05, 0) is 48.4 Å². The van der Waals surface area contributed by atoms with E-state index in [2.05, 4.69) is 14.0 Å². The zero-order valence-corrected chi connectivity index (χ0v) is 24.6. The Morgan fingerprint density at radius 3 is 2.31 bits per heavy atom. The summed E-state index contributed by atoms with van der Waals surface area (Å²) in [5, 5.41) is 16.4. The molecule has 0 amide bonds. The third kappa shape index (κ3) is 15.2. The Morgan fingerprint density at radius 1 is 1.07 bits per heavy atom. The van der Waals surface area contributed by atoms with Crippen molar-refractivity contribution >= 4 is 12.0 Å². The Bertz CT molecular complexity index is 1220. The van der Waals surface area contributed by atoms with E-state index in [0.717, 1.165) is 38.1 Å². The molecule has 0 radical (unpaired) electrons. The van der Waals surface area contributed by atoms with Crippen LogP contribution in [0.3, 0.4) is 0 Å². The molecule has 0 saturated heterocycles. The summed E-state index contributed by atoms with van der Waals surface area (Å²) in [6, 6.07) is 7.11. The Morgan fingerprint density at radius 2 is 1.74 bits per heavy atom. The number of alkyl halides is 3. The number of likely N-dealkylation sites (N-methyl/N-ethyl adjacent to an activating group) is 1. The van der Waals surface area contributed by atoms with Crippen molar-refractivity contribution in [1.82, 2.24) is 4.57 Å². The van der Waals surface area contributed by atoms with Gasteiger partial charge in [0.15, 0.2) is 11.6 Å². The molecule has 1 aliphatic carbocycles. The van der Waals surface area contributed by atoms with E-state index in [1.165, 1.54) is 29.2 Å². The lowest BCUT2D eigenvalue weighted by Gasteiger charge is -2.13. The molecule has 1 heterocycles. The lowest BCUT2D eigenvalue weighted by atomic mass is 10.2. The third-order valence-corrected chi connectivity index (χ3v) is 5.27. The number of nitrogens with one attached hydrogen (secondary N) is 1. The standard InChI is InChI=1S/C25H29FN2O4.C2HF3O.C2H6.CH4O/c1-3-12-27(2)14-15-31-21-6-4-5-20(8-9-21)28-13-11-22(17-25(28)30)32-18-19-7-10-23(26)24(29)16-19;3-2(4,5)1-6;2*1-2/h4,6-11,13,16-17,29H,3,5,12,14-15,18H2,1-2H3;1H;1-2H3;2H,1H3/p+1. The molecule has 8 nitrogen and oxygen atoms in total. The molecule has 234 valence electrons. The normalized spacial score (nSPS) is 12.8. The maximum Gasteiger partial charge on any atom is 0.446 e. The number of pyridine rings is 1. The number of rotatable bonds is 10. The van der Waals surface area contributed by atoms with Crippen LogP contribution >= 0.6 is 0 Å². The van der Waals surface area contributed by atoms with Gasteiger partial charge < -0.3 is 24.6 Å². The first-order valence-corrected chi connectivity index (χ1v) is 13.3. The fourth-order valence-corrected chi connectivity index (χ4v) is 3.37. The van der Waals surface area contributed by atoms with E-state index >= 15 is 0 Å². The molecule has 0 fully saturated rings. The van der Waals surface area contributed by atoms with Gasteiger partial charge in [0, 0.05) is 31.5 Å². The highest BCUT2D eigenvalue weighted by atomic mass is 19.4. The van der Waals surface area contributed by atoms with Crippen LogP contribution < -0.4 is 15.2 Å². The molecule has 1 unspecified atom stereocenters. The van der Waals surface area contributed by atoms with Gasteiger partial charge in [-0.2, -0.15) is 13.2 Å². The molecule has 0 saturated carbocycles. The van der Waals surface area contributed by atoms with E-state index < -0.39 is 24.0 Å². The number of nitrogens with zero attached hydrogens (tertiary/aromatic N) is 1. The van der Waals surface area contributed by atoms with Crippen molar-refractivity contribution in [2.75, 3.05) is 33.9 Å². The predicted molar refractivity (Wildman–Crippen MR) is 154 cm³/mol. The van der Waals surface area contributed by atoms with Crippen LogP contribution in [0.5, 0.6) is 11.5 Å². The van der Waals surface area contributed by atoms with Gasteiger partial charge in [0.25, 0.3) is 5.56 Å². The Balaban J connectivity index is 0.00000147. The van der Waals surface area contributed by atoms with Crippen LogP contribution in [0.25, 0.3) is 5.70 Å². The highest BCUT2D eigenvalue weighted by Crippen LogP contribution is 2.20. The SMILES string of the molecule is CC.CCC[NH+](C)CCOC1=CC=C(n2ccc(OCc3ccc(F)c(O)c3)cc2=O)CC=C1.CO.O=CC(F)(F)F. The zero-order valence-electron chi connectivity index (χ0n) is 24.6. The number of phenolic OH excluding ortho intramolecular Hbond substituents is 1. The van der Waals surface area contributed by atoms with Crippen LogP contribution in [-0.2, 0) is 16.1 Å². The van der Waals surface area contributed by atoms with Crippen LogP contribution in [0.15, 0.2) is 71.4 Å². The van der Waals surface area contributed by atoms with Gasteiger partial charge in [0.2, 0.25) is 6.29 Å². The van der Waals surface area contributed by atoms with Crippen LogP contribution in [-0.4, -0.2) is 61.1 Å². The molecule has 0 spiro atoms. The van der Waals surface area contributed by atoms with Crippen LogP contribution in [0.2, 0.25) is 0 Å². The van der Waals surface area contributed by atoms with E-state index in [0.29, 0.717) is 24.3 Å². The Hall–Kier alpha value is -3.90. The van der Waals surface area contributed by atoms with Crippen molar-refractivity contribution in [2.24, 2.45) is 0 Å². The van der Waals surface area contributed by atoms with Crippen molar-refractivity contribution in [3.63, 3.8) is 0 Å². The summed E-state index contributed by atoms with van der Waals surface area (Å²) in [4.78, 5) is 22.8. The minimum Gasteiger partial charge on any atom is -0.505 e. The number of hydrogen-bond acceptors (Lipinski definition) is 6. The Labute approximate surface area is 243 Å². The second-order valence-corrected chi connectivity index (χ2v) is 8.44. The number of halogens is 4. The minimum absolute atomic E-state index is 0.112. The number of benzene rings is 1. The first-order valence-electron chi connectivity index (χ1n) is 13.3. The lowest BCUT2D eigenvalue weighted by Crippen LogP contribution is -3.09. The molecule has 12 heteroatoms. The number of carbonyl (C=O) groups is 1. The highest BCUT2D eigenvalue weighted by Gasteiger charge is 2.24. The fraction of sp³-hybridized carbons (Fsp3) is 0.400. The molecule has 42 heavy (non-hydrogen) atoms. The number of quaternary nitrogens is 1. The number of aromatic hydroxyl groups is 1. The number of hydrogen-bond donors (Lipinski definition) is 3. The summed E-state index contributed by atoms with van der Waals surface area (Å²) in [7, 11) is 3.16. The van der Waals surface area contributed by atoms with Gasteiger partial charge in [-0.3, -0.25) is 14.2 Å². The van der Waals surface area contributed by atoms with E-state index in [4.69, 9.17) is 19.4 Å². The van der Waals surface area contributed by atoms with Crippen molar-refractivity contribution in [3.8, 4) is 11.5 Å². The lowest BCUT2D eigenvalue weighted by molar-refractivity contribution is -0.879. The average Bonchev–Trinajstić information content (AvgIpc) is 3.21. The number of aliphatic hydroxyl groups is 1. The molecular weight excluding hydrogens is 560 g/mol. The average molecular weight is 602 g/mol. The number of allylic oxidation sites excluding steroid dienone is 5. The quantitative estimate of drug-likeness (QED) is 0.278. The smallest absolute Gasteiger partial charge is 0.446 e. The monoisotopic (exact) mass is 601 g/mol. The fourth-order valence-electron chi connectivity index (χ4n) is 3.37. The van der Waals surface area contributed by atoms with E-state index in [9.17, 15) is 27.5 Å². The van der Waals surface area contributed by atoms with Crippen molar-refractivity contribution in [2.45, 2.75) is 46.4 Å². The maximum absolute atomic E-state index is 13.2. The Kier molecular flexibility index (Phi) is 19.0. The largest absolute Gasteiger partial charge is 0.505 e. The van der Waals surface area contributed by atoms with Crippen LogP contribution in [0.1, 0.15) is 39.2 Å². The van der Waals surface area contributed by atoms with Gasteiger partial charge in [-0.25, -0.2) is 4.39 Å². The van der Waals surface area contributed by atoms with E-state index in [-0.39, 0.29) is 12.2 Å². The minimum atomic E-state index is -4.64. The second kappa shape index (κ2) is 20.9. The summed E-state index contributed by atoms with van der Waals surface area (Å²) in [5.41, 5.74) is 1.21. The number of aliphatic hydroxyl groups excluding tert-OH is 1. The maximum atomic E-state index is 13.2. The number of ether oxygens (including phenoxy) is 2. The summed E-state index contributed by atoms with van der Waals surface area (Å²) in [6.07, 6.45) is 5.39. The number of carbonyl (C=O) groups excluding carboxylic acids is 1. The number of aldehydes is 1. The first kappa shape index (κ1) is 38.1. The molecular formula is C30H41F4N2O6+. The summed E-state index contributed by atoms with van der Waals surface area (Å²) in [6.45, 7) is 8.99. The van der Waals surface area contributed by atoms with Gasteiger partial charge in [0.1, 0.15) is 31.3 Å². The highest BCUT2D eigenvalue weighted by molar-refractivity contribution is 5.56. The van der Waals surface area contributed by atoms with Gasteiger partial charge in [-0.15, -0.1) is 0 Å². The molecule has 3 rings (SSSR count). The van der Waals surface area contributed by atoms with Crippen molar-refractivity contribution in [3.05, 3.63) is 88.3 Å². The zero-order chi connectivity index (χ0) is 32.1. The number of aromatic nitrogens is 1. The summed E-state index contributed by atoms with van der Waals surface area (Å²) >= 11 is 0. The molecule has 3 N–H and O–H groups in total. The summed E-state index contributed by atoms with van der Waals surface area (Å²) in [5.74, 6) is 0.0630. The third-order valence-electron chi connectivity index (χ3n) is 5.27.